The number of nitrogens with zero attached hydrogens (tertiary/aromatic N) is 4. The van der Waals surface area contributed by atoms with Gasteiger partial charge in [-0.1, -0.05) is 60.7 Å². The topological polar surface area (TPSA) is 158 Å². The van der Waals surface area contributed by atoms with Crippen molar-refractivity contribution < 1.29 is 25.9 Å². The van der Waals surface area contributed by atoms with Gasteiger partial charge in [0.2, 0.25) is 0 Å². The smallest absolute Gasteiger partial charge is 0.282 e. The van der Waals surface area contributed by atoms with E-state index >= 15 is 0 Å². The summed E-state index contributed by atoms with van der Waals surface area (Å²) in [7, 11) is -9.93. The first kappa shape index (κ1) is 23.3. The maximum absolute atomic E-state index is 12.4. The number of azo groups is 2. The molecule has 0 amide bonds. The van der Waals surface area contributed by atoms with Crippen LogP contribution in [0.3, 0.4) is 0 Å². The summed E-state index contributed by atoms with van der Waals surface area (Å²) in [6.45, 7) is 0. The molecule has 0 aliphatic heterocycles. The predicted molar refractivity (Wildman–Crippen MR) is 125 cm³/mol. The highest BCUT2D eigenvalue weighted by Gasteiger charge is 2.31. The Hall–Kier alpha value is -3.84. The van der Waals surface area contributed by atoms with Gasteiger partial charge in [0, 0.05) is 10.8 Å². The Balaban J connectivity index is 2.16. The molecule has 0 unspecified atom stereocenters. The summed E-state index contributed by atoms with van der Waals surface area (Å²) in [6.07, 6.45) is 0. The van der Waals surface area contributed by atoms with Gasteiger partial charge in [0.1, 0.15) is 21.2 Å². The average Bonchev–Trinajstić information content (AvgIpc) is 2.80. The molecule has 0 aliphatic carbocycles. The molecule has 0 fully saturated rings. The first-order valence-electron chi connectivity index (χ1n) is 9.63. The van der Waals surface area contributed by atoms with E-state index in [0.29, 0.717) is 11.4 Å². The van der Waals surface area contributed by atoms with Crippen LogP contribution in [-0.4, -0.2) is 25.9 Å². The molecule has 4 aromatic rings. The SMILES string of the molecule is O=S(=O)(O)c1c(N=Nc2ccccc2)c(N=Nc2ccccc2)c(S(=O)(=O)O)c2ccccc12. The molecule has 0 aromatic heterocycles. The van der Waals surface area contributed by atoms with Crippen LogP contribution in [0.4, 0.5) is 22.7 Å². The summed E-state index contributed by atoms with van der Waals surface area (Å²) in [5.74, 6) is 0. The summed E-state index contributed by atoms with van der Waals surface area (Å²) in [6, 6.07) is 21.8. The number of rotatable bonds is 6. The van der Waals surface area contributed by atoms with Crippen molar-refractivity contribution in [2.24, 2.45) is 20.5 Å². The lowest BCUT2D eigenvalue weighted by atomic mass is 10.1. The Morgan fingerprint density at radius 1 is 0.471 bits per heavy atom. The lowest BCUT2D eigenvalue weighted by molar-refractivity contribution is 0.480. The van der Waals surface area contributed by atoms with Crippen LogP contribution in [0.5, 0.6) is 0 Å². The van der Waals surface area contributed by atoms with Crippen molar-refractivity contribution >= 4 is 53.8 Å². The fourth-order valence-electron chi connectivity index (χ4n) is 3.26. The van der Waals surface area contributed by atoms with E-state index < -0.39 is 41.4 Å². The minimum atomic E-state index is -4.96. The Labute approximate surface area is 194 Å². The van der Waals surface area contributed by atoms with Crippen molar-refractivity contribution in [2.75, 3.05) is 0 Å². The van der Waals surface area contributed by atoms with Gasteiger partial charge in [-0.3, -0.25) is 9.11 Å². The van der Waals surface area contributed by atoms with Crippen LogP contribution in [0.1, 0.15) is 0 Å². The second-order valence-corrected chi connectivity index (χ2v) is 9.64. The summed E-state index contributed by atoms with van der Waals surface area (Å²) < 4.78 is 69.9. The molecule has 0 saturated heterocycles. The van der Waals surface area contributed by atoms with E-state index in [1.807, 2.05) is 0 Å². The molecular formula is C22H16N4O6S2. The van der Waals surface area contributed by atoms with E-state index in [2.05, 4.69) is 20.5 Å². The normalized spacial score (nSPS) is 12.6. The van der Waals surface area contributed by atoms with Gasteiger partial charge < -0.3 is 0 Å². The van der Waals surface area contributed by atoms with Crippen LogP contribution < -0.4 is 0 Å². The van der Waals surface area contributed by atoms with Gasteiger partial charge >= 0.3 is 0 Å². The summed E-state index contributed by atoms with van der Waals surface area (Å²) in [4.78, 5) is -1.45. The maximum atomic E-state index is 12.4. The lowest BCUT2D eigenvalue weighted by Gasteiger charge is -2.14. The van der Waals surface area contributed by atoms with Crippen molar-refractivity contribution in [3.63, 3.8) is 0 Å². The first-order chi connectivity index (χ1) is 16.2. The van der Waals surface area contributed by atoms with Crippen LogP contribution in [0, 0.1) is 0 Å². The molecule has 0 radical (unpaired) electrons. The molecule has 2 N–H and O–H groups in total. The standard InChI is InChI=1S/C22H16N4O6S2/c27-33(28,29)21-17-13-7-8-14-18(17)22(34(30,31)32)20(26-24-16-11-5-2-6-12-16)19(21)25-23-15-9-3-1-4-10-15/h1-14H,(H,27,28,29)(H,30,31,32). The van der Waals surface area contributed by atoms with Gasteiger partial charge in [-0.15, -0.1) is 10.2 Å². The maximum Gasteiger partial charge on any atom is 0.297 e. The van der Waals surface area contributed by atoms with Gasteiger partial charge in [0.15, 0.2) is 0 Å². The molecule has 0 aliphatic rings. The van der Waals surface area contributed by atoms with Gasteiger partial charge in [-0.05, 0) is 24.3 Å². The third kappa shape index (κ3) is 4.89. The number of hydrogen-bond acceptors (Lipinski definition) is 8. The molecular weight excluding hydrogens is 480 g/mol. The summed E-state index contributed by atoms with van der Waals surface area (Å²) >= 11 is 0. The highest BCUT2D eigenvalue weighted by molar-refractivity contribution is 7.86. The van der Waals surface area contributed by atoms with Gasteiger partial charge in [-0.25, -0.2) is 0 Å². The Bertz CT molecular complexity index is 1510. The van der Waals surface area contributed by atoms with Crippen molar-refractivity contribution in [1.82, 2.24) is 0 Å². The minimum Gasteiger partial charge on any atom is -0.282 e. The lowest BCUT2D eigenvalue weighted by Crippen LogP contribution is -2.05. The molecule has 0 spiro atoms. The van der Waals surface area contributed by atoms with Crippen LogP contribution in [0.2, 0.25) is 0 Å². The number of hydrogen-bond donors (Lipinski definition) is 2. The van der Waals surface area contributed by atoms with E-state index in [1.165, 1.54) is 24.3 Å². The van der Waals surface area contributed by atoms with Crippen molar-refractivity contribution in [1.29, 1.82) is 0 Å². The zero-order valence-electron chi connectivity index (χ0n) is 17.2. The first-order valence-corrected chi connectivity index (χ1v) is 12.5. The van der Waals surface area contributed by atoms with Crippen LogP contribution in [0.25, 0.3) is 10.8 Å². The van der Waals surface area contributed by atoms with E-state index in [-0.39, 0.29) is 10.8 Å². The minimum absolute atomic E-state index is 0.196. The van der Waals surface area contributed by atoms with Gasteiger partial charge in [0.25, 0.3) is 20.2 Å². The zero-order chi connectivity index (χ0) is 24.3. The monoisotopic (exact) mass is 496 g/mol. The van der Waals surface area contributed by atoms with E-state index in [1.54, 1.807) is 60.7 Å². The van der Waals surface area contributed by atoms with E-state index in [9.17, 15) is 25.9 Å². The van der Waals surface area contributed by atoms with Gasteiger partial charge in [-0.2, -0.15) is 27.1 Å². The third-order valence-electron chi connectivity index (χ3n) is 4.63. The van der Waals surface area contributed by atoms with Crippen molar-refractivity contribution in [2.45, 2.75) is 9.79 Å². The van der Waals surface area contributed by atoms with Crippen molar-refractivity contribution in [3.8, 4) is 0 Å². The fraction of sp³-hybridized carbons (Fsp3) is 0. The van der Waals surface area contributed by atoms with Gasteiger partial charge in [0.05, 0.1) is 11.4 Å². The highest BCUT2D eigenvalue weighted by Crippen LogP contribution is 2.47. The molecule has 0 atom stereocenters. The molecule has 0 saturated carbocycles. The van der Waals surface area contributed by atoms with E-state index in [0.717, 1.165) is 0 Å². The Morgan fingerprint density at radius 3 is 1.12 bits per heavy atom. The number of fused-ring (bicyclic) bond motifs is 1. The number of benzene rings is 4. The summed E-state index contributed by atoms with van der Waals surface area (Å²) in [5.41, 5.74) is -0.567. The second-order valence-electron chi connectivity index (χ2n) is 6.92. The zero-order valence-corrected chi connectivity index (χ0v) is 18.8. The molecule has 0 heterocycles. The molecule has 4 aromatic carbocycles. The third-order valence-corrected chi connectivity index (χ3v) is 6.49. The predicted octanol–water partition coefficient (Wildman–Crippen LogP) is 6.16. The van der Waals surface area contributed by atoms with Crippen LogP contribution in [0.15, 0.2) is 115 Å². The molecule has 12 heteroatoms. The average molecular weight is 497 g/mol. The fourth-order valence-corrected chi connectivity index (χ4v) is 4.94. The Kier molecular flexibility index (Phi) is 6.30. The molecule has 4 rings (SSSR count). The molecule has 34 heavy (non-hydrogen) atoms. The highest BCUT2D eigenvalue weighted by atomic mass is 32.2. The Morgan fingerprint density at radius 2 is 0.794 bits per heavy atom. The second kappa shape index (κ2) is 9.19. The largest absolute Gasteiger partial charge is 0.297 e. The molecule has 172 valence electrons. The quantitative estimate of drug-likeness (QED) is 0.240. The molecule has 0 bridgehead atoms. The molecule has 10 nitrogen and oxygen atoms in total. The van der Waals surface area contributed by atoms with Crippen molar-refractivity contribution in [3.05, 3.63) is 84.9 Å². The summed E-state index contributed by atoms with van der Waals surface area (Å²) in [5, 5.41) is 15.4. The van der Waals surface area contributed by atoms with Crippen LogP contribution >= 0.6 is 0 Å². The van der Waals surface area contributed by atoms with Crippen LogP contribution in [-0.2, 0) is 20.2 Å². The van der Waals surface area contributed by atoms with E-state index in [4.69, 9.17) is 0 Å².